The second-order valence-corrected chi connectivity index (χ2v) is 5.15. The summed E-state index contributed by atoms with van der Waals surface area (Å²) in [7, 11) is 0. The zero-order valence-corrected chi connectivity index (χ0v) is 9.75. The Labute approximate surface area is 92.3 Å². The van der Waals surface area contributed by atoms with E-state index in [1.807, 2.05) is 0 Å². The standard InChI is InChI=1S/C14H20O/c1-11(4-3-5-12(2)15)14-8-6-13(10-14)7-9-14/h4,6,8,13H,3,5,7,9-10H2,1-2H3. The summed E-state index contributed by atoms with van der Waals surface area (Å²) < 4.78 is 0. The third kappa shape index (κ3) is 2.06. The van der Waals surface area contributed by atoms with Crippen molar-refractivity contribution in [3.8, 4) is 0 Å². The van der Waals surface area contributed by atoms with Crippen molar-refractivity contribution in [2.45, 2.75) is 46.0 Å². The first-order valence-electron chi connectivity index (χ1n) is 5.98. The summed E-state index contributed by atoms with van der Waals surface area (Å²) in [4.78, 5) is 10.9. The lowest BCUT2D eigenvalue weighted by Crippen LogP contribution is -2.13. The third-order valence-corrected chi connectivity index (χ3v) is 4.01. The number of rotatable bonds is 4. The number of ketones is 1. The summed E-state index contributed by atoms with van der Waals surface area (Å²) in [6.45, 7) is 3.90. The Morgan fingerprint density at radius 3 is 2.80 bits per heavy atom. The minimum Gasteiger partial charge on any atom is -0.300 e. The Morgan fingerprint density at radius 2 is 2.33 bits per heavy atom. The molecule has 2 rings (SSSR count). The fourth-order valence-electron chi connectivity index (χ4n) is 2.94. The van der Waals surface area contributed by atoms with Gasteiger partial charge in [-0.3, -0.25) is 0 Å². The van der Waals surface area contributed by atoms with Crippen LogP contribution < -0.4 is 0 Å². The van der Waals surface area contributed by atoms with Crippen LogP contribution in [0.15, 0.2) is 23.8 Å². The fourth-order valence-corrected chi connectivity index (χ4v) is 2.94. The molecule has 2 aliphatic carbocycles. The predicted molar refractivity (Wildman–Crippen MR) is 62.6 cm³/mol. The van der Waals surface area contributed by atoms with E-state index in [1.54, 1.807) is 6.92 Å². The second kappa shape index (κ2) is 3.96. The molecule has 1 saturated carbocycles. The van der Waals surface area contributed by atoms with Gasteiger partial charge in [-0.05, 0) is 45.4 Å². The Morgan fingerprint density at radius 1 is 1.53 bits per heavy atom. The lowest BCUT2D eigenvalue weighted by atomic mass is 9.80. The zero-order chi connectivity index (χ0) is 10.9. The van der Waals surface area contributed by atoms with Gasteiger partial charge in [0.25, 0.3) is 0 Å². The molecule has 0 aromatic rings. The summed E-state index contributed by atoms with van der Waals surface area (Å²) in [5, 5.41) is 0. The van der Waals surface area contributed by atoms with E-state index in [1.165, 1.54) is 24.8 Å². The molecule has 0 heterocycles. The van der Waals surface area contributed by atoms with E-state index in [2.05, 4.69) is 25.2 Å². The monoisotopic (exact) mass is 204 g/mol. The molecule has 0 radical (unpaired) electrons. The molecule has 2 bridgehead atoms. The van der Waals surface area contributed by atoms with Crippen molar-refractivity contribution in [2.75, 3.05) is 0 Å². The van der Waals surface area contributed by atoms with Crippen LogP contribution >= 0.6 is 0 Å². The predicted octanol–water partition coefficient (Wildman–Crippen LogP) is 3.66. The van der Waals surface area contributed by atoms with E-state index in [0.717, 1.165) is 12.3 Å². The molecule has 0 spiro atoms. The Kier molecular flexibility index (Phi) is 2.81. The number of hydrogen-bond donors (Lipinski definition) is 0. The molecule has 1 nitrogen and oxygen atoms in total. The highest BCUT2D eigenvalue weighted by Gasteiger charge is 2.41. The van der Waals surface area contributed by atoms with Crippen LogP contribution in [0.5, 0.6) is 0 Å². The van der Waals surface area contributed by atoms with Crippen molar-refractivity contribution >= 4 is 5.78 Å². The quantitative estimate of drug-likeness (QED) is 0.639. The molecule has 1 heteroatoms. The van der Waals surface area contributed by atoms with Gasteiger partial charge in [0.15, 0.2) is 0 Å². The lowest BCUT2D eigenvalue weighted by Gasteiger charge is -2.24. The molecule has 1 fully saturated rings. The average Bonchev–Trinajstić information content (AvgIpc) is 2.77. The molecule has 15 heavy (non-hydrogen) atoms. The van der Waals surface area contributed by atoms with Crippen molar-refractivity contribution in [2.24, 2.45) is 11.3 Å². The van der Waals surface area contributed by atoms with Crippen molar-refractivity contribution in [3.05, 3.63) is 23.8 Å². The number of hydrogen-bond acceptors (Lipinski definition) is 1. The van der Waals surface area contributed by atoms with Gasteiger partial charge in [-0.25, -0.2) is 0 Å². The van der Waals surface area contributed by atoms with Gasteiger partial charge < -0.3 is 4.79 Å². The van der Waals surface area contributed by atoms with E-state index in [-0.39, 0.29) is 0 Å². The van der Waals surface area contributed by atoms with E-state index < -0.39 is 0 Å². The minimum absolute atomic E-state index is 0.294. The maximum absolute atomic E-state index is 10.9. The van der Waals surface area contributed by atoms with Gasteiger partial charge in [-0.2, -0.15) is 0 Å². The van der Waals surface area contributed by atoms with E-state index in [9.17, 15) is 4.79 Å². The molecule has 0 aromatic heterocycles. The van der Waals surface area contributed by atoms with Crippen molar-refractivity contribution < 1.29 is 4.79 Å². The van der Waals surface area contributed by atoms with Crippen molar-refractivity contribution in [3.63, 3.8) is 0 Å². The van der Waals surface area contributed by atoms with Crippen LogP contribution in [0, 0.1) is 11.3 Å². The van der Waals surface area contributed by atoms with Crippen LogP contribution in [0.3, 0.4) is 0 Å². The van der Waals surface area contributed by atoms with Gasteiger partial charge in [0.1, 0.15) is 5.78 Å². The van der Waals surface area contributed by atoms with Crippen LogP contribution in [0.2, 0.25) is 0 Å². The van der Waals surface area contributed by atoms with Crippen LogP contribution in [0.4, 0.5) is 0 Å². The Bertz CT molecular complexity index is 324. The van der Waals surface area contributed by atoms with E-state index >= 15 is 0 Å². The molecule has 0 N–H and O–H groups in total. The third-order valence-electron chi connectivity index (χ3n) is 4.01. The van der Waals surface area contributed by atoms with Gasteiger partial charge >= 0.3 is 0 Å². The van der Waals surface area contributed by atoms with Crippen LogP contribution in [0.25, 0.3) is 0 Å². The molecular formula is C14H20O. The number of fused-ring (bicyclic) bond motifs is 2. The van der Waals surface area contributed by atoms with Crippen LogP contribution in [-0.2, 0) is 4.79 Å². The number of carbonyl (C=O) groups excluding carboxylic acids is 1. The maximum atomic E-state index is 10.9. The lowest BCUT2D eigenvalue weighted by molar-refractivity contribution is -0.116. The highest BCUT2D eigenvalue weighted by molar-refractivity contribution is 5.75. The second-order valence-electron chi connectivity index (χ2n) is 5.15. The minimum atomic E-state index is 0.294. The largest absolute Gasteiger partial charge is 0.300 e. The maximum Gasteiger partial charge on any atom is 0.130 e. The number of allylic oxidation sites excluding steroid dienone is 4. The first-order valence-corrected chi connectivity index (χ1v) is 5.98. The fraction of sp³-hybridized carbons (Fsp3) is 0.643. The van der Waals surface area contributed by atoms with Gasteiger partial charge in [-0.1, -0.05) is 23.8 Å². The topological polar surface area (TPSA) is 17.1 Å². The average molecular weight is 204 g/mol. The molecule has 2 atom stereocenters. The van der Waals surface area contributed by atoms with E-state index in [4.69, 9.17) is 0 Å². The first kappa shape index (κ1) is 10.7. The van der Waals surface area contributed by atoms with Gasteiger partial charge in [0.2, 0.25) is 0 Å². The molecule has 0 aliphatic heterocycles. The SMILES string of the molecule is CC(=O)CCC=C(C)C12C=CC(CC1)C2. The van der Waals surface area contributed by atoms with Crippen molar-refractivity contribution in [1.82, 2.24) is 0 Å². The van der Waals surface area contributed by atoms with Crippen LogP contribution in [-0.4, -0.2) is 5.78 Å². The molecule has 0 aromatic carbocycles. The summed E-state index contributed by atoms with van der Waals surface area (Å²) in [6, 6.07) is 0. The summed E-state index contributed by atoms with van der Waals surface area (Å²) >= 11 is 0. The van der Waals surface area contributed by atoms with Gasteiger partial charge in [-0.15, -0.1) is 0 Å². The van der Waals surface area contributed by atoms with Crippen LogP contribution in [0.1, 0.15) is 46.0 Å². The summed E-state index contributed by atoms with van der Waals surface area (Å²) in [6.07, 6.45) is 12.7. The highest BCUT2D eigenvalue weighted by atomic mass is 16.1. The smallest absolute Gasteiger partial charge is 0.130 e. The Hall–Kier alpha value is -0.850. The zero-order valence-electron chi connectivity index (χ0n) is 9.75. The molecule has 0 saturated heterocycles. The van der Waals surface area contributed by atoms with Crippen molar-refractivity contribution in [1.29, 1.82) is 0 Å². The Balaban J connectivity index is 1.98. The normalized spacial score (nSPS) is 33.7. The number of Topliss-reactive ketones (excluding diaryl/α,β-unsaturated/α-hetero) is 1. The molecule has 2 unspecified atom stereocenters. The number of carbonyl (C=O) groups is 1. The summed E-state index contributed by atoms with van der Waals surface area (Å²) in [5.41, 5.74) is 1.86. The molecule has 2 aliphatic rings. The first-order chi connectivity index (χ1) is 7.12. The molecule has 82 valence electrons. The van der Waals surface area contributed by atoms with Gasteiger partial charge in [0, 0.05) is 11.8 Å². The molecule has 0 amide bonds. The van der Waals surface area contributed by atoms with E-state index in [0.29, 0.717) is 17.6 Å². The molecular weight excluding hydrogens is 184 g/mol. The highest BCUT2D eigenvalue weighted by Crippen LogP contribution is 2.53. The summed E-state index contributed by atoms with van der Waals surface area (Å²) in [5.74, 6) is 1.13. The van der Waals surface area contributed by atoms with Gasteiger partial charge in [0.05, 0.1) is 0 Å².